The average molecular weight is 177 g/mol. The molecule has 1 aliphatic rings. The minimum atomic E-state index is -0.0232. The zero-order valence-corrected chi connectivity index (χ0v) is 7.45. The molecule has 0 atom stereocenters. The highest BCUT2D eigenvalue weighted by atomic mass is 16.1. The first-order valence-electron chi connectivity index (χ1n) is 4.26. The summed E-state index contributed by atoms with van der Waals surface area (Å²) in [5.41, 5.74) is 0.866. The van der Waals surface area contributed by atoms with E-state index in [0.717, 1.165) is 18.4 Å². The maximum atomic E-state index is 11.4. The van der Waals surface area contributed by atoms with Crippen molar-refractivity contribution in [1.82, 2.24) is 9.78 Å². The van der Waals surface area contributed by atoms with Gasteiger partial charge in [0.2, 0.25) is 0 Å². The van der Waals surface area contributed by atoms with Crippen LogP contribution in [0.5, 0.6) is 0 Å². The molecular formula is C9H11N3O. The largest absolute Gasteiger partial charge is 0.305 e. The number of nitrogens with zero attached hydrogens (tertiary/aromatic N) is 2. The number of anilines is 1. The van der Waals surface area contributed by atoms with E-state index in [2.05, 4.69) is 10.4 Å². The number of carbonyl (C=O) groups is 1. The number of nitrogens with one attached hydrogen (secondary N) is 1. The molecule has 1 amide bonds. The van der Waals surface area contributed by atoms with Crippen LogP contribution in [0, 0.1) is 0 Å². The minimum Gasteiger partial charge on any atom is -0.305 e. The van der Waals surface area contributed by atoms with E-state index in [9.17, 15) is 4.79 Å². The SMILES string of the molecule is Cn1ccc(NC(=O)C2=CCC2)n1. The predicted octanol–water partition coefficient (Wildman–Crippen LogP) is 1.08. The van der Waals surface area contributed by atoms with Crippen LogP contribution in [-0.4, -0.2) is 15.7 Å². The molecule has 2 rings (SSSR count). The lowest BCUT2D eigenvalue weighted by Gasteiger charge is -2.12. The molecule has 1 aromatic heterocycles. The molecule has 1 aliphatic carbocycles. The molecule has 1 N–H and O–H groups in total. The number of carbonyl (C=O) groups excluding carboxylic acids is 1. The Hall–Kier alpha value is -1.58. The molecule has 0 spiro atoms. The lowest BCUT2D eigenvalue weighted by molar-refractivity contribution is -0.113. The Bertz CT molecular complexity index is 365. The Morgan fingerprint density at radius 2 is 2.46 bits per heavy atom. The van der Waals surface area contributed by atoms with E-state index in [0.29, 0.717) is 5.82 Å². The lowest BCUT2D eigenvalue weighted by atomic mass is 9.98. The fourth-order valence-electron chi connectivity index (χ4n) is 1.17. The third-order valence-corrected chi connectivity index (χ3v) is 2.05. The van der Waals surface area contributed by atoms with Gasteiger partial charge in [-0.05, 0) is 12.8 Å². The van der Waals surface area contributed by atoms with Crippen molar-refractivity contribution in [2.45, 2.75) is 12.8 Å². The number of aromatic nitrogens is 2. The number of hydrogen-bond donors (Lipinski definition) is 1. The lowest BCUT2D eigenvalue weighted by Crippen LogP contribution is -2.18. The van der Waals surface area contributed by atoms with Crippen LogP contribution < -0.4 is 5.32 Å². The van der Waals surface area contributed by atoms with Crippen LogP contribution in [0.25, 0.3) is 0 Å². The molecule has 0 radical (unpaired) electrons. The van der Waals surface area contributed by atoms with Gasteiger partial charge in [-0.15, -0.1) is 0 Å². The molecule has 0 aromatic carbocycles. The van der Waals surface area contributed by atoms with Crippen LogP contribution >= 0.6 is 0 Å². The van der Waals surface area contributed by atoms with Gasteiger partial charge in [0, 0.05) is 24.9 Å². The van der Waals surface area contributed by atoms with Crippen molar-refractivity contribution in [1.29, 1.82) is 0 Å². The monoisotopic (exact) mass is 177 g/mol. The second-order valence-electron chi connectivity index (χ2n) is 3.10. The van der Waals surface area contributed by atoms with Crippen molar-refractivity contribution >= 4 is 11.7 Å². The second-order valence-corrected chi connectivity index (χ2v) is 3.10. The summed E-state index contributed by atoms with van der Waals surface area (Å²) in [7, 11) is 1.82. The third kappa shape index (κ3) is 1.61. The van der Waals surface area contributed by atoms with Gasteiger partial charge in [0.25, 0.3) is 5.91 Å². The Labute approximate surface area is 76.2 Å². The van der Waals surface area contributed by atoms with E-state index >= 15 is 0 Å². The van der Waals surface area contributed by atoms with E-state index in [1.807, 2.05) is 13.1 Å². The van der Waals surface area contributed by atoms with Crippen LogP contribution in [0.1, 0.15) is 12.8 Å². The van der Waals surface area contributed by atoms with E-state index in [-0.39, 0.29) is 5.91 Å². The molecule has 0 saturated carbocycles. The molecule has 0 bridgehead atoms. The van der Waals surface area contributed by atoms with Crippen molar-refractivity contribution in [3.63, 3.8) is 0 Å². The summed E-state index contributed by atoms with van der Waals surface area (Å²) in [5, 5.41) is 6.77. The molecule has 68 valence electrons. The quantitative estimate of drug-likeness (QED) is 0.734. The molecule has 0 unspecified atom stereocenters. The number of hydrogen-bond acceptors (Lipinski definition) is 2. The summed E-state index contributed by atoms with van der Waals surface area (Å²) < 4.78 is 1.66. The van der Waals surface area contributed by atoms with E-state index in [1.54, 1.807) is 16.9 Å². The number of aryl methyl sites for hydroxylation is 1. The summed E-state index contributed by atoms with van der Waals surface area (Å²) in [6, 6.07) is 1.77. The molecule has 0 fully saturated rings. The molecule has 0 aliphatic heterocycles. The van der Waals surface area contributed by atoms with Crippen LogP contribution in [0.2, 0.25) is 0 Å². The van der Waals surface area contributed by atoms with Crippen LogP contribution in [-0.2, 0) is 11.8 Å². The smallest absolute Gasteiger partial charge is 0.252 e. The van der Waals surface area contributed by atoms with Crippen molar-refractivity contribution in [3.8, 4) is 0 Å². The summed E-state index contributed by atoms with van der Waals surface area (Å²) in [4.78, 5) is 11.4. The van der Waals surface area contributed by atoms with Crippen LogP contribution in [0.4, 0.5) is 5.82 Å². The molecule has 4 heteroatoms. The number of rotatable bonds is 2. The van der Waals surface area contributed by atoms with Crippen molar-refractivity contribution in [2.75, 3.05) is 5.32 Å². The van der Waals surface area contributed by atoms with E-state index in [4.69, 9.17) is 0 Å². The molecule has 1 aromatic rings. The highest BCUT2D eigenvalue weighted by Gasteiger charge is 2.15. The standard InChI is InChI=1S/C9H11N3O/c1-12-6-5-8(11-12)10-9(13)7-3-2-4-7/h3,5-6H,2,4H2,1H3,(H,10,11,13). The number of amides is 1. The molecular weight excluding hydrogens is 166 g/mol. The molecule has 4 nitrogen and oxygen atoms in total. The van der Waals surface area contributed by atoms with Crippen LogP contribution in [0.3, 0.4) is 0 Å². The van der Waals surface area contributed by atoms with Gasteiger partial charge in [0.1, 0.15) is 0 Å². The summed E-state index contributed by atoms with van der Waals surface area (Å²) in [5.74, 6) is 0.588. The Morgan fingerprint density at radius 1 is 1.69 bits per heavy atom. The van der Waals surface area contributed by atoms with Gasteiger partial charge in [0.15, 0.2) is 5.82 Å². The predicted molar refractivity (Wildman–Crippen MR) is 49.2 cm³/mol. The van der Waals surface area contributed by atoms with Gasteiger partial charge in [0.05, 0.1) is 0 Å². The molecule has 1 heterocycles. The normalized spacial score (nSPS) is 14.7. The topological polar surface area (TPSA) is 46.9 Å². The van der Waals surface area contributed by atoms with Gasteiger partial charge in [-0.3, -0.25) is 9.48 Å². The minimum absolute atomic E-state index is 0.0232. The number of allylic oxidation sites excluding steroid dienone is 1. The zero-order chi connectivity index (χ0) is 9.26. The van der Waals surface area contributed by atoms with Crippen molar-refractivity contribution in [2.24, 2.45) is 7.05 Å². The molecule has 13 heavy (non-hydrogen) atoms. The first kappa shape index (κ1) is 8.04. The highest BCUT2D eigenvalue weighted by molar-refractivity contribution is 6.04. The first-order chi connectivity index (χ1) is 6.25. The second kappa shape index (κ2) is 3.05. The maximum Gasteiger partial charge on any atom is 0.252 e. The Kier molecular flexibility index (Phi) is 1.88. The van der Waals surface area contributed by atoms with E-state index < -0.39 is 0 Å². The van der Waals surface area contributed by atoms with Gasteiger partial charge >= 0.3 is 0 Å². The highest BCUT2D eigenvalue weighted by Crippen LogP contribution is 2.19. The van der Waals surface area contributed by atoms with Gasteiger partial charge < -0.3 is 5.32 Å². The summed E-state index contributed by atoms with van der Waals surface area (Å²) >= 11 is 0. The van der Waals surface area contributed by atoms with Crippen molar-refractivity contribution in [3.05, 3.63) is 23.9 Å². The van der Waals surface area contributed by atoms with Gasteiger partial charge in [-0.25, -0.2) is 0 Å². The van der Waals surface area contributed by atoms with E-state index in [1.165, 1.54) is 0 Å². The fraction of sp³-hybridized carbons (Fsp3) is 0.333. The first-order valence-corrected chi connectivity index (χ1v) is 4.26. The molecule has 0 saturated heterocycles. The Balaban J connectivity index is 2.01. The summed E-state index contributed by atoms with van der Waals surface area (Å²) in [6.45, 7) is 0. The van der Waals surface area contributed by atoms with Gasteiger partial charge in [-0.2, -0.15) is 5.10 Å². The van der Waals surface area contributed by atoms with Crippen molar-refractivity contribution < 1.29 is 4.79 Å². The fourth-order valence-corrected chi connectivity index (χ4v) is 1.17. The maximum absolute atomic E-state index is 11.4. The Morgan fingerprint density at radius 3 is 2.92 bits per heavy atom. The summed E-state index contributed by atoms with van der Waals surface area (Å²) in [6.07, 6.45) is 5.65. The third-order valence-electron chi connectivity index (χ3n) is 2.05. The van der Waals surface area contributed by atoms with Crippen LogP contribution in [0.15, 0.2) is 23.9 Å². The zero-order valence-electron chi connectivity index (χ0n) is 7.45. The average Bonchev–Trinajstić information content (AvgIpc) is 2.31. The van der Waals surface area contributed by atoms with Gasteiger partial charge in [-0.1, -0.05) is 6.08 Å².